The van der Waals surface area contributed by atoms with Crippen LogP contribution >= 0.6 is 11.6 Å². The molecule has 0 aliphatic heterocycles. The molecular formula is C14H9ClF2N2. The van der Waals surface area contributed by atoms with Crippen LogP contribution in [0.15, 0.2) is 36.4 Å². The molecule has 0 amide bonds. The van der Waals surface area contributed by atoms with Gasteiger partial charge in [-0.25, -0.2) is 8.78 Å². The van der Waals surface area contributed by atoms with E-state index < -0.39 is 11.6 Å². The van der Waals surface area contributed by atoms with Gasteiger partial charge in [0.15, 0.2) is 0 Å². The maximum Gasteiger partial charge on any atom is 0.126 e. The Morgan fingerprint density at radius 2 is 1.79 bits per heavy atom. The van der Waals surface area contributed by atoms with E-state index in [1.54, 1.807) is 18.2 Å². The van der Waals surface area contributed by atoms with Crippen molar-refractivity contribution < 1.29 is 8.78 Å². The molecule has 0 radical (unpaired) electrons. The highest BCUT2D eigenvalue weighted by Crippen LogP contribution is 2.23. The first-order valence-electron chi connectivity index (χ1n) is 5.47. The van der Waals surface area contributed by atoms with Crippen LogP contribution in [0.25, 0.3) is 0 Å². The number of halogens is 3. The van der Waals surface area contributed by atoms with Crippen molar-refractivity contribution in [2.75, 3.05) is 5.32 Å². The lowest BCUT2D eigenvalue weighted by atomic mass is 10.2. The highest BCUT2D eigenvalue weighted by atomic mass is 35.5. The van der Waals surface area contributed by atoms with E-state index in [0.717, 1.165) is 6.07 Å². The van der Waals surface area contributed by atoms with E-state index in [9.17, 15) is 8.78 Å². The van der Waals surface area contributed by atoms with Crippen LogP contribution < -0.4 is 5.32 Å². The summed E-state index contributed by atoms with van der Waals surface area (Å²) in [5.74, 6) is -1.26. The van der Waals surface area contributed by atoms with E-state index >= 15 is 0 Å². The summed E-state index contributed by atoms with van der Waals surface area (Å²) >= 11 is 5.96. The zero-order chi connectivity index (χ0) is 13.8. The maximum atomic E-state index is 13.0. The Hall–Kier alpha value is -2.12. The minimum atomic E-state index is -0.631. The van der Waals surface area contributed by atoms with Gasteiger partial charge in [-0.3, -0.25) is 0 Å². The van der Waals surface area contributed by atoms with Gasteiger partial charge in [0.1, 0.15) is 11.6 Å². The van der Waals surface area contributed by atoms with Crippen molar-refractivity contribution in [3.8, 4) is 6.07 Å². The third-order valence-corrected chi connectivity index (χ3v) is 2.83. The fourth-order valence-corrected chi connectivity index (χ4v) is 1.82. The van der Waals surface area contributed by atoms with Gasteiger partial charge in [0.05, 0.1) is 22.3 Å². The summed E-state index contributed by atoms with van der Waals surface area (Å²) in [6.45, 7) is 0.212. The Labute approximate surface area is 114 Å². The molecule has 0 saturated heterocycles. The molecule has 5 heteroatoms. The van der Waals surface area contributed by atoms with Gasteiger partial charge >= 0.3 is 0 Å². The normalized spacial score (nSPS) is 10.0. The highest BCUT2D eigenvalue weighted by Gasteiger charge is 2.04. The van der Waals surface area contributed by atoms with Crippen LogP contribution in [-0.2, 0) is 6.54 Å². The van der Waals surface area contributed by atoms with Crippen LogP contribution in [0.4, 0.5) is 14.5 Å². The molecule has 2 aromatic carbocycles. The van der Waals surface area contributed by atoms with Crippen molar-refractivity contribution in [1.29, 1.82) is 5.26 Å². The van der Waals surface area contributed by atoms with Crippen molar-refractivity contribution in [2.45, 2.75) is 6.54 Å². The minimum Gasteiger partial charge on any atom is -0.380 e. The number of nitriles is 1. The van der Waals surface area contributed by atoms with E-state index in [-0.39, 0.29) is 6.54 Å². The summed E-state index contributed by atoms with van der Waals surface area (Å²) in [7, 11) is 0. The third-order valence-electron chi connectivity index (χ3n) is 2.50. The van der Waals surface area contributed by atoms with Crippen molar-refractivity contribution in [1.82, 2.24) is 0 Å². The zero-order valence-corrected chi connectivity index (χ0v) is 10.5. The summed E-state index contributed by atoms with van der Waals surface area (Å²) in [4.78, 5) is 0. The average Bonchev–Trinajstić information content (AvgIpc) is 2.37. The van der Waals surface area contributed by atoms with Gasteiger partial charge in [0.25, 0.3) is 0 Å². The number of hydrogen-bond acceptors (Lipinski definition) is 2. The molecule has 2 nitrogen and oxygen atoms in total. The number of rotatable bonds is 3. The van der Waals surface area contributed by atoms with Crippen LogP contribution in [0.1, 0.15) is 11.1 Å². The molecule has 0 aliphatic rings. The van der Waals surface area contributed by atoms with Gasteiger partial charge in [-0.15, -0.1) is 0 Å². The molecule has 0 fully saturated rings. The Bertz CT molecular complexity index is 630. The first kappa shape index (κ1) is 13.3. The van der Waals surface area contributed by atoms with E-state index in [1.807, 2.05) is 6.07 Å². The zero-order valence-electron chi connectivity index (χ0n) is 9.75. The van der Waals surface area contributed by atoms with Crippen molar-refractivity contribution in [3.05, 3.63) is 64.2 Å². The first-order valence-corrected chi connectivity index (χ1v) is 5.85. The second kappa shape index (κ2) is 5.68. The van der Waals surface area contributed by atoms with Crippen LogP contribution in [0.3, 0.4) is 0 Å². The van der Waals surface area contributed by atoms with Crippen LogP contribution in [0.2, 0.25) is 5.02 Å². The van der Waals surface area contributed by atoms with Gasteiger partial charge < -0.3 is 5.32 Å². The smallest absolute Gasteiger partial charge is 0.126 e. The molecule has 0 unspecified atom stereocenters. The molecule has 19 heavy (non-hydrogen) atoms. The average molecular weight is 279 g/mol. The maximum absolute atomic E-state index is 13.0. The van der Waals surface area contributed by atoms with Gasteiger partial charge in [-0.1, -0.05) is 11.6 Å². The predicted octanol–water partition coefficient (Wildman–Crippen LogP) is 4.10. The van der Waals surface area contributed by atoms with E-state index in [0.29, 0.717) is 21.8 Å². The van der Waals surface area contributed by atoms with E-state index in [1.165, 1.54) is 12.1 Å². The quantitative estimate of drug-likeness (QED) is 0.917. The number of anilines is 1. The number of nitrogens with zero attached hydrogens (tertiary/aromatic N) is 1. The summed E-state index contributed by atoms with van der Waals surface area (Å²) in [5, 5.41) is 12.2. The van der Waals surface area contributed by atoms with E-state index in [2.05, 4.69) is 5.32 Å². The summed E-state index contributed by atoms with van der Waals surface area (Å²) in [5.41, 5.74) is 1.46. The Morgan fingerprint density at radius 3 is 2.42 bits per heavy atom. The van der Waals surface area contributed by atoms with Crippen molar-refractivity contribution in [2.24, 2.45) is 0 Å². The fourth-order valence-electron chi connectivity index (χ4n) is 1.64. The topological polar surface area (TPSA) is 35.8 Å². The molecule has 96 valence electrons. The fraction of sp³-hybridized carbons (Fsp3) is 0.0714. The predicted molar refractivity (Wildman–Crippen MR) is 69.9 cm³/mol. The number of hydrogen-bond donors (Lipinski definition) is 1. The highest BCUT2D eigenvalue weighted by molar-refractivity contribution is 6.33. The molecule has 2 rings (SSSR count). The Kier molecular flexibility index (Phi) is 3.98. The van der Waals surface area contributed by atoms with Gasteiger partial charge in [0, 0.05) is 12.6 Å². The lowest BCUT2D eigenvalue weighted by Crippen LogP contribution is -2.01. The number of benzene rings is 2. The number of nitrogens with one attached hydrogen (secondary N) is 1. The molecule has 0 heterocycles. The SMILES string of the molecule is N#Cc1ccc(Cl)c(NCc2cc(F)cc(F)c2)c1. The molecule has 0 aromatic heterocycles. The van der Waals surface area contributed by atoms with Crippen molar-refractivity contribution >= 4 is 17.3 Å². The van der Waals surface area contributed by atoms with Gasteiger partial charge in [0.2, 0.25) is 0 Å². The Balaban J connectivity index is 2.16. The Morgan fingerprint density at radius 1 is 1.11 bits per heavy atom. The molecule has 0 bridgehead atoms. The largest absolute Gasteiger partial charge is 0.380 e. The second-order valence-electron chi connectivity index (χ2n) is 3.94. The van der Waals surface area contributed by atoms with Gasteiger partial charge in [-0.05, 0) is 35.9 Å². The van der Waals surface area contributed by atoms with Crippen LogP contribution in [0.5, 0.6) is 0 Å². The van der Waals surface area contributed by atoms with Gasteiger partial charge in [-0.2, -0.15) is 5.26 Å². The summed E-state index contributed by atoms with van der Waals surface area (Å²) in [6, 6.07) is 10.0. The lowest BCUT2D eigenvalue weighted by molar-refractivity contribution is 0.580. The molecule has 1 N–H and O–H groups in total. The molecule has 0 atom stereocenters. The van der Waals surface area contributed by atoms with Crippen LogP contribution in [0, 0.1) is 23.0 Å². The summed E-state index contributed by atoms with van der Waals surface area (Å²) < 4.78 is 26.0. The molecular weight excluding hydrogens is 270 g/mol. The second-order valence-corrected chi connectivity index (χ2v) is 4.34. The molecule has 2 aromatic rings. The third kappa shape index (κ3) is 3.43. The van der Waals surface area contributed by atoms with Crippen molar-refractivity contribution in [3.63, 3.8) is 0 Å². The minimum absolute atomic E-state index is 0.212. The molecule has 0 spiro atoms. The summed E-state index contributed by atoms with van der Waals surface area (Å²) in [6.07, 6.45) is 0. The lowest BCUT2D eigenvalue weighted by Gasteiger charge is -2.09. The molecule has 0 saturated carbocycles. The van der Waals surface area contributed by atoms with E-state index in [4.69, 9.17) is 16.9 Å². The van der Waals surface area contributed by atoms with Crippen LogP contribution in [-0.4, -0.2) is 0 Å². The standard InChI is InChI=1S/C14H9ClF2N2/c15-13-2-1-9(7-18)5-14(13)19-8-10-3-11(16)6-12(17)4-10/h1-6,19H,8H2. The molecule has 0 aliphatic carbocycles. The monoisotopic (exact) mass is 278 g/mol. The first-order chi connectivity index (χ1) is 9.08.